The van der Waals surface area contributed by atoms with E-state index in [0.29, 0.717) is 6.42 Å². The number of carbonyl (C=O) groups excluding carboxylic acids is 1. The summed E-state index contributed by atoms with van der Waals surface area (Å²) in [6.45, 7) is 0.455. The molecule has 0 aromatic heterocycles. The van der Waals surface area contributed by atoms with Crippen molar-refractivity contribution in [3.63, 3.8) is 0 Å². The van der Waals surface area contributed by atoms with E-state index in [1.54, 1.807) is 6.92 Å². The van der Waals surface area contributed by atoms with Gasteiger partial charge in [0.15, 0.2) is 0 Å². The largest absolute Gasteiger partial charge is 0.406 e. The summed E-state index contributed by atoms with van der Waals surface area (Å²) in [7, 11) is 0. The molecule has 0 aliphatic rings. The summed E-state index contributed by atoms with van der Waals surface area (Å²) >= 11 is 0. The molecule has 0 bridgehead atoms. The quantitative estimate of drug-likeness (QED) is 0.796. The first-order valence-corrected chi connectivity index (χ1v) is 5.81. The molecular formula is C13H16F3NO. The molecule has 0 fully saturated rings. The van der Waals surface area contributed by atoms with Gasteiger partial charge in [0.2, 0.25) is 5.91 Å². The minimum absolute atomic E-state index is 0.0765. The molecule has 1 amide bonds. The Morgan fingerprint density at radius 2 is 1.83 bits per heavy atom. The smallest absolute Gasteiger partial charge is 0.334 e. The number of alkyl halides is 3. The lowest BCUT2D eigenvalue weighted by Gasteiger charge is -2.22. The molecular weight excluding hydrogens is 243 g/mol. The van der Waals surface area contributed by atoms with E-state index < -0.39 is 18.6 Å². The van der Waals surface area contributed by atoms with Gasteiger partial charge < -0.3 is 4.90 Å². The van der Waals surface area contributed by atoms with Gasteiger partial charge in [-0.1, -0.05) is 30.3 Å². The van der Waals surface area contributed by atoms with Crippen LogP contribution in [0.15, 0.2) is 30.3 Å². The summed E-state index contributed by atoms with van der Waals surface area (Å²) in [5.74, 6) is -0.460. The third-order valence-corrected chi connectivity index (χ3v) is 2.57. The van der Waals surface area contributed by atoms with E-state index in [9.17, 15) is 18.0 Å². The molecule has 1 aromatic rings. The van der Waals surface area contributed by atoms with Crippen molar-refractivity contribution >= 4 is 5.91 Å². The Bertz CT molecular complexity index is 376. The number of rotatable bonds is 5. The molecule has 0 aliphatic carbocycles. The van der Waals surface area contributed by atoms with Crippen LogP contribution in [0.1, 0.15) is 18.9 Å². The van der Waals surface area contributed by atoms with Gasteiger partial charge in [0.25, 0.3) is 0 Å². The standard InChI is InChI=1S/C13H16F3NO/c1-2-17(10-13(14,15)16)12(18)9-8-11-6-4-3-5-7-11/h3-7H,2,8-10H2,1H3. The van der Waals surface area contributed by atoms with E-state index in [1.165, 1.54) is 0 Å². The number of carbonyl (C=O) groups is 1. The SMILES string of the molecule is CCN(CC(F)(F)F)C(=O)CCc1ccccc1. The highest BCUT2D eigenvalue weighted by Gasteiger charge is 2.31. The molecule has 0 aliphatic heterocycles. The molecule has 0 unspecified atom stereocenters. The van der Waals surface area contributed by atoms with Crippen LogP contribution in [0.3, 0.4) is 0 Å². The van der Waals surface area contributed by atoms with Gasteiger partial charge in [-0.25, -0.2) is 0 Å². The van der Waals surface area contributed by atoms with Crippen molar-refractivity contribution in [3.8, 4) is 0 Å². The summed E-state index contributed by atoms with van der Waals surface area (Å²) < 4.78 is 36.7. The van der Waals surface area contributed by atoms with E-state index in [2.05, 4.69) is 0 Å². The highest BCUT2D eigenvalue weighted by atomic mass is 19.4. The van der Waals surface area contributed by atoms with Crippen LogP contribution >= 0.6 is 0 Å². The molecule has 18 heavy (non-hydrogen) atoms. The molecule has 0 atom stereocenters. The number of nitrogens with zero attached hydrogens (tertiary/aromatic N) is 1. The lowest BCUT2D eigenvalue weighted by molar-refractivity contribution is -0.160. The highest BCUT2D eigenvalue weighted by Crippen LogP contribution is 2.17. The maximum atomic E-state index is 12.2. The van der Waals surface area contributed by atoms with Crippen LogP contribution in [0.5, 0.6) is 0 Å². The monoisotopic (exact) mass is 259 g/mol. The Labute approximate surface area is 104 Å². The van der Waals surface area contributed by atoms with E-state index in [-0.39, 0.29) is 13.0 Å². The van der Waals surface area contributed by atoms with Gasteiger partial charge in [-0.15, -0.1) is 0 Å². The Morgan fingerprint density at radius 1 is 1.22 bits per heavy atom. The predicted octanol–water partition coefficient (Wildman–Crippen LogP) is 3.03. The van der Waals surface area contributed by atoms with Crippen molar-refractivity contribution in [3.05, 3.63) is 35.9 Å². The molecule has 0 radical (unpaired) electrons. The first-order valence-electron chi connectivity index (χ1n) is 5.81. The second-order valence-corrected chi connectivity index (χ2v) is 4.01. The van der Waals surface area contributed by atoms with Gasteiger partial charge in [0, 0.05) is 13.0 Å². The summed E-state index contributed by atoms with van der Waals surface area (Å²) in [5.41, 5.74) is 0.953. The highest BCUT2D eigenvalue weighted by molar-refractivity contribution is 5.76. The van der Waals surface area contributed by atoms with Gasteiger partial charge in [0.1, 0.15) is 6.54 Å². The van der Waals surface area contributed by atoms with E-state index in [0.717, 1.165) is 10.5 Å². The minimum Gasteiger partial charge on any atom is -0.334 e. The van der Waals surface area contributed by atoms with Crippen LogP contribution in [0.2, 0.25) is 0 Å². The van der Waals surface area contributed by atoms with E-state index >= 15 is 0 Å². The first kappa shape index (κ1) is 14.5. The molecule has 5 heteroatoms. The Balaban J connectivity index is 2.48. The number of amides is 1. The maximum absolute atomic E-state index is 12.2. The van der Waals surface area contributed by atoms with Gasteiger partial charge >= 0.3 is 6.18 Å². The van der Waals surface area contributed by atoms with Gasteiger partial charge in [-0.05, 0) is 18.9 Å². The normalized spacial score (nSPS) is 11.3. The molecule has 2 nitrogen and oxygen atoms in total. The molecule has 0 saturated heterocycles. The van der Waals surface area contributed by atoms with E-state index in [4.69, 9.17) is 0 Å². The second kappa shape index (κ2) is 6.42. The molecule has 0 heterocycles. The first-order chi connectivity index (χ1) is 8.42. The number of hydrogen-bond acceptors (Lipinski definition) is 1. The Morgan fingerprint density at radius 3 is 2.33 bits per heavy atom. The van der Waals surface area contributed by atoms with Gasteiger partial charge in [-0.2, -0.15) is 13.2 Å². The van der Waals surface area contributed by atoms with Crippen molar-refractivity contribution in [1.29, 1.82) is 0 Å². The molecule has 0 saturated carbocycles. The average molecular weight is 259 g/mol. The average Bonchev–Trinajstić information content (AvgIpc) is 2.33. The van der Waals surface area contributed by atoms with Crippen molar-refractivity contribution in [1.82, 2.24) is 4.90 Å². The summed E-state index contributed by atoms with van der Waals surface area (Å²) in [6, 6.07) is 9.24. The third kappa shape index (κ3) is 5.21. The number of hydrogen-bond donors (Lipinski definition) is 0. The van der Waals surface area contributed by atoms with Gasteiger partial charge in [0.05, 0.1) is 0 Å². The van der Waals surface area contributed by atoms with E-state index in [1.807, 2.05) is 30.3 Å². The fourth-order valence-electron chi connectivity index (χ4n) is 1.65. The van der Waals surface area contributed by atoms with Crippen LogP contribution < -0.4 is 0 Å². The maximum Gasteiger partial charge on any atom is 0.406 e. The lowest BCUT2D eigenvalue weighted by atomic mass is 10.1. The number of benzene rings is 1. The zero-order valence-corrected chi connectivity index (χ0v) is 10.2. The summed E-state index contributed by atoms with van der Waals surface area (Å²) in [6.07, 6.45) is -3.76. The van der Waals surface area contributed by atoms with Crippen LogP contribution in [0.4, 0.5) is 13.2 Å². The molecule has 0 spiro atoms. The summed E-state index contributed by atoms with van der Waals surface area (Å²) in [5, 5.41) is 0. The molecule has 0 N–H and O–H groups in total. The Kier molecular flexibility index (Phi) is 5.19. The minimum atomic E-state index is -4.33. The lowest BCUT2D eigenvalue weighted by Crippen LogP contribution is -2.38. The van der Waals surface area contributed by atoms with Crippen LogP contribution in [-0.4, -0.2) is 30.1 Å². The van der Waals surface area contributed by atoms with Crippen molar-refractivity contribution < 1.29 is 18.0 Å². The van der Waals surface area contributed by atoms with Crippen molar-refractivity contribution in [2.24, 2.45) is 0 Å². The number of aryl methyl sites for hydroxylation is 1. The summed E-state index contributed by atoms with van der Waals surface area (Å²) in [4.78, 5) is 12.5. The molecule has 1 rings (SSSR count). The van der Waals surface area contributed by atoms with Crippen LogP contribution in [-0.2, 0) is 11.2 Å². The second-order valence-electron chi connectivity index (χ2n) is 4.01. The predicted molar refractivity (Wildman–Crippen MR) is 63.1 cm³/mol. The zero-order valence-electron chi connectivity index (χ0n) is 10.2. The zero-order chi connectivity index (χ0) is 13.6. The van der Waals surface area contributed by atoms with Crippen LogP contribution in [0.25, 0.3) is 0 Å². The van der Waals surface area contributed by atoms with Gasteiger partial charge in [-0.3, -0.25) is 4.79 Å². The fourth-order valence-corrected chi connectivity index (χ4v) is 1.65. The Hall–Kier alpha value is -1.52. The third-order valence-electron chi connectivity index (χ3n) is 2.57. The van der Waals surface area contributed by atoms with Crippen LogP contribution in [0, 0.1) is 0 Å². The fraction of sp³-hybridized carbons (Fsp3) is 0.462. The topological polar surface area (TPSA) is 20.3 Å². The van der Waals surface area contributed by atoms with Crippen molar-refractivity contribution in [2.45, 2.75) is 25.9 Å². The molecule has 100 valence electrons. The number of halogens is 3. The van der Waals surface area contributed by atoms with Crippen molar-refractivity contribution in [2.75, 3.05) is 13.1 Å². The molecule has 1 aromatic carbocycles.